The van der Waals surface area contributed by atoms with Crippen LogP contribution in [0.15, 0.2) is 36.4 Å². The average Bonchev–Trinajstić information content (AvgIpc) is 3.58. The lowest BCUT2D eigenvalue weighted by atomic mass is 10.0. The molecule has 5 rings (SSSR count). The van der Waals surface area contributed by atoms with Crippen molar-refractivity contribution in [2.45, 2.75) is 51.0 Å². The number of rotatable bonds is 7. The number of nitrogens with one attached hydrogen (secondary N) is 2. The number of carbonyl (C=O) groups excluding carboxylic acids is 1. The molecule has 0 spiro atoms. The fraction of sp³-hybridized carbons (Fsp3) is 0.480. The maximum atomic E-state index is 12.7. The van der Waals surface area contributed by atoms with Gasteiger partial charge >= 0.3 is 0 Å². The molecule has 2 N–H and O–H groups in total. The standard InChI is InChI=1S/C25H31N5O2/c1-32-22-9-5-4-8-18(22)15-26-24-20-10-11-21(27-25(20)29-28-24)19-12-13-30(16-19)23(31)14-17-6-2-3-7-17/h4-5,8-11,17,19H,2-3,6-7,12-16H2,1H3,(H2,26,27,28,29)/t19-/m0/s1. The minimum absolute atomic E-state index is 0.292. The number of para-hydroxylation sites is 1. The van der Waals surface area contributed by atoms with Gasteiger partial charge in [0.25, 0.3) is 0 Å². The monoisotopic (exact) mass is 433 g/mol. The van der Waals surface area contributed by atoms with Gasteiger partial charge in [-0.1, -0.05) is 31.0 Å². The number of anilines is 1. The van der Waals surface area contributed by atoms with Gasteiger partial charge in [-0.2, -0.15) is 5.10 Å². The summed E-state index contributed by atoms with van der Waals surface area (Å²) >= 11 is 0. The van der Waals surface area contributed by atoms with E-state index in [2.05, 4.69) is 27.6 Å². The Balaban J connectivity index is 1.23. The smallest absolute Gasteiger partial charge is 0.222 e. The zero-order valence-corrected chi connectivity index (χ0v) is 18.6. The second-order valence-electron chi connectivity index (χ2n) is 9.05. The Labute approximate surface area is 188 Å². The molecule has 1 atom stereocenters. The van der Waals surface area contributed by atoms with Gasteiger partial charge in [0.15, 0.2) is 11.5 Å². The number of ether oxygens (including phenoxy) is 1. The van der Waals surface area contributed by atoms with E-state index in [9.17, 15) is 4.79 Å². The molecule has 7 heteroatoms. The van der Waals surface area contributed by atoms with Crippen molar-refractivity contribution >= 4 is 22.8 Å². The summed E-state index contributed by atoms with van der Waals surface area (Å²) in [5, 5.41) is 11.9. The van der Waals surface area contributed by atoms with E-state index in [0.717, 1.165) is 59.8 Å². The normalized spacial score (nSPS) is 19.0. The maximum absolute atomic E-state index is 12.7. The number of pyridine rings is 1. The van der Waals surface area contributed by atoms with Crippen LogP contribution in [0.5, 0.6) is 5.75 Å². The molecular weight excluding hydrogens is 402 g/mol. The van der Waals surface area contributed by atoms with Crippen molar-refractivity contribution in [3.05, 3.63) is 47.7 Å². The highest BCUT2D eigenvalue weighted by Gasteiger charge is 2.30. The molecule has 168 valence electrons. The molecule has 1 aliphatic carbocycles. The second kappa shape index (κ2) is 9.18. The Morgan fingerprint density at radius 2 is 2.03 bits per heavy atom. The molecule has 2 aliphatic rings. The van der Waals surface area contributed by atoms with E-state index in [1.165, 1.54) is 25.7 Å². The summed E-state index contributed by atoms with van der Waals surface area (Å²) in [5.74, 6) is 2.85. The number of likely N-dealkylation sites (tertiary alicyclic amines) is 1. The molecule has 2 aromatic heterocycles. The van der Waals surface area contributed by atoms with Crippen molar-refractivity contribution in [3.63, 3.8) is 0 Å². The highest BCUT2D eigenvalue weighted by Crippen LogP contribution is 2.32. The predicted octanol–water partition coefficient (Wildman–Crippen LogP) is 4.47. The van der Waals surface area contributed by atoms with Gasteiger partial charge in [-0.05, 0) is 43.4 Å². The minimum atomic E-state index is 0.292. The van der Waals surface area contributed by atoms with E-state index >= 15 is 0 Å². The third-order valence-electron chi connectivity index (χ3n) is 6.98. The molecule has 1 saturated heterocycles. The lowest BCUT2D eigenvalue weighted by Gasteiger charge is -2.18. The van der Waals surface area contributed by atoms with Crippen LogP contribution in [0, 0.1) is 5.92 Å². The number of aromatic amines is 1. The number of fused-ring (bicyclic) bond motifs is 1. The Bertz CT molecular complexity index is 1090. The first-order valence-electron chi connectivity index (χ1n) is 11.7. The highest BCUT2D eigenvalue weighted by molar-refractivity contribution is 5.87. The van der Waals surface area contributed by atoms with E-state index in [-0.39, 0.29) is 0 Å². The number of aromatic nitrogens is 3. The van der Waals surface area contributed by atoms with Crippen LogP contribution < -0.4 is 10.1 Å². The molecule has 2 fully saturated rings. The first-order valence-corrected chi connectivity index (χ1v) is 11.7. The number of carbonyl (C=O) groups is 1. The first kappa shape index (κ1) is 20.8. The van der Waals surface area contributed by atoms with Crippen molar-refractivity contribution in [3.8, 4) is 5.75 Å². The van der Waals surface area contributed by atoms with Crippen molar-refractivity contribution in [2.75, 3.05) is 25.5 Å². The fourth-order valence-corrected chi connectivity index (χ4v) is 5.13. The summed E-state index contributed by atoms with van der Waals surface area (Å²) in [6, 6.07) is 12.1. The van der Waals surface area contributed by atoms with E-state index in [1.807, 2.05) is 29.2 Å². The van der Waals surface area contributed by atoms with Crippen molar-refractivity contribution in [2.24, 2.45) is 5.92 Å². The van der Waals surface area contributed by atoms with Crippen LogP contribution in [-0.2, 0) is 11.3 Å². The molecule has 1 saturated carbocycles. The van der Waals surface area contributed by atoms with E-state index < -0.39 is 0 Å². The Hall–Kier alpha value is -3.09. The Morgan fingerprint density at radius 1 is 1.19 bits per heavy atom. The molecular formula is C25H31N5O2. The maximum Gasteiger partial charge on any atom is 0.222 e. The molecule has 1 amide bonds. The quantitative estimate of drug-likeness (QED) is 0.574. The number of nitrogens with zero attached hydrogens (tertiary/aromatic N) is 3. The van der Waals surface area contributed by atoms with Crippen LogP contribution in [-0.4, -0.2) is 46.2 Å². The van der Waals surface area contributed by atoms with Crippen LogP contribution in [0.2, 0.25) is 0 Å². The van der Waals surface area contributed by atoms with Gasteiger partial charge in [0.05, 0.1) is 12.5 Å². The summed E-state index contributed by atoms with van der Waals surface area (Å²) in [7, 11) is 1.68. The van der Waals surface area contributed by atoms with Crippen LogP contribution in [0.1, 0.15) is 55.7 Å². The summed E-state index contributed by atoms with van der Waals surface area (Å²) < 4.78 is 5.43. The molecule has 3 aromatic rings. The molecule has 1 aromatic carbocycles. The van der Waals surface area contributed by atoms with Gasteiger partial charge in [-0.3, -0.25) is 9.89 Å². The lowest BCUT2D eigenvalue weighted by molar-refractivity contribution is -0.131. The fourth-order valence-electron chi connectivity index (χ4n) is 5.13. The average molecular weight is 434 g/mol. The van der Waals surface area contributed by atoms with Crippen LogP contribution in [0.25, 0.3) is 11.0 Å². The minimum Gasteiger partial charge on any atom is -0.496 e. The summed E-state index contributed by atoms with van der Waals surface area (Å²) in [5.41, 5.74) is 2.89. The van der Waals surface area contributed by atoms with Crippen LogP contribution in [0.4, 0.5) is 5.82 Å². The van der Waals surface area contributed by atoms with Gasteiger partial charge in [-0.15, -0.1) is 0 Å². The predicted molar refractivity (Wildman–Crippen MR) is 125 cm³/mol. The van der Waals surface area contributed by atoms with Gasteiger partial charge in [0.2, 0.25) is 5.91 Å². The third-order valence-corrected chi connectivity index (χ3v) is 6.98. The highest BCUT2D eigenvalue weighted by atomic mass is 16.5. The van der Waals surface area contributed by atoms with E-state index in [0.29, 0.717) is 24.3 Å². The zero-order valence-electron chi connectivity index (χ0n) is 18.6. The molecule has 0 unspecified atom stereocenters. The lowest BCUT2D eigenvalue weighted by Crippen LogP contribution is -2.29. The number of hydrogen-bond donors (Lipinski definition) is 2. The number of H-pyrrole nitrogens is 1. The van der Waals surface area contributed by atoms with E-state index in [1.54, 1.807) is 7.11 Å². The van der Waals surface area contributed by atoms with E-state index in [4.69, 9.17) is 9.72 Å². The number of methoxy groups -OCH3 is 1. The summed E-state index contributed by atoms with van der Waals surface area (Å²) in [6.45, 7) is 2.23. The van der Waals surface area contributed by atoms with Gasteiger partial charge < -0.3 is 15.0 Å². The first-order chi connectivity index (χ1) is 15.7. The van der Waals surface area contributed by atoms with Crippen LogP contribution >= 0.6 is 0 Å². The SMILES string of the molecule is COc1ccccc1CNc1n[nH]c2nc([C@H]3CCN(C(=O)CC4CCCC4)C3)ccc12. The number of benzene rings is 1. The molecule has 0 bridgehead atoms. The van der Waals surface area contributed by atoms with Crippen molar-refractivity contribution < 1.29 is 9.53 Å². The van der Waals surface area contributed by atoms with Gasteiger partial charge in [0, 0.05) is 43.2 Å². The van der Waals surface area contributed by atoms with Crippen LogP contribution in [0.3, 0.4) is 0 Å². The summed E-state index contributed by atoms with van der Waals surface area (Å²) in [4.78, 5) is 19.6. The molecule has 32 heavy (non-hydrogen) atoms. The largest absolute Gasteiger partial charge is 0.496 e. The van der Waals surface area contributed by atoms with Crippen molar-refractivity contribution in [1.82, 2.24) is 20.1 Å². The number of amides is 1. The Morgan fingerprint density at radius 3 is 2.88 bits per heavy atom. The molecule has 1 aliphatic heterocycles. The Kier molecular flexibility index (Phi) is 5.97. The number of hydrogen-bond acceptors (Lipinski definition) is 5. The second-order valence-corrected chi connectivity index (χ2v) is 9.05. The molecule has 7 nitrogen and oxygen atoms in total. The molecule has 0 radical (unpaired) electrons. The zero-order chi connectivity index (χ0) is 21.9. The van der Waals surface area contributed by atoms with Gasteiger partial charge in [0.1, 0.15) is 5.75 Å². The topological polar surface area (TPSA) is 83.1 Å². The van der Waals surface area contributed by atoms with Crippen molar-refractivity contribution in [1.29, 1.82) is 0 Å². The van der Waals surface area contributed by atoms with Gasteiger partial charge in [-0.25, -0.2) is 4.98 Å². The summed E-state index contributed by atoms with van der Waals surface area (Å²) in [6.07, 6.45) is 6.70. The molecule has 3 heterocycles. The third kappa shape index (κ3) is 4.29.